The van der Waals surface area contributed by atoms with E-state index < -0.39 is 33.6 Å². The molecule has 1 aliphatic rings. The fourth-order valence-corrected chi connectivity index (χ4v) is 5.39. The standard InChI is InChI=1S/C21H19ClFNO5S/c1-30(28,29)17-9-14(23)8-15-19-16(25)6-12(7-18(26)27)20(19)24(21(15)17)10-11-2-4-13(22)5-3-11/h2-5,8-9,12,16,25H,6-7,10H2,1H3,(H,26,27)/t12-,16+/m1/s1. The summed E-state index contributed by atoms with van der Waals surface area (Å²) in [5, 5.41) is 20.8. The highest BCUT2D eigenvalue weighted by Gasteiger charge is 2.38. The molecule has 0 radical (unpaired) electrons. The summed E-state index contributed by atoms with van der Waals surface area (Å²) in [6.07, 6.45) is -0.0555. The highest BCUT2D eigenvalue weighted by atomic mass is 35.5. The van der Waals surface area contributed by atoms with E-state index in [9.17, 15) is 27.8 Å². The zero-order chi connectivity index (χ0) is 21.8. The maximum atomic E-state index is 14.3. The van der Waals surface area contributed by atoms with Crippen molar-refractivity contribution in [1.29, 1.82) is 0 Å². The van der Waals surface area contributed by atoms with Crippen molar-refractivity contribution in [2.24, 2.45) is 0 Å². The van der Waals surface area contributed by atoms with E-state index >= 15 is 0 Å². The molecule has 1 aliphatic carbocycles. The van der Waals surface area contributed by atoms with E-state index in [0.29, 0.717) is 21.7 Å². The van der Waals surface area contributed by atoms with E-state index in [2.05, 4.69) is 0 Å². The van der Waals surface area contributed by atoms with E-state index in [1.807, 2.05) is 0 Å². The number of halogens is 2. The Morgan fingerprint density at radius 3 is 2.53 bits per heavy atom. The molecule has 0 aliphatic heterocycles. The molecule has 2 atom stereocenters. The number of sulfone groups is 1. The van der Waals surface area contributed by atoms with Crippen LogP contribution in [0.5, 0.6) is 0 Å². The molecule has 1 aromatic heterocycles. The predicted molar refractivity (Wildman–Crippen MR) is 110 cm³/mol. The van der Waals surface area contributed by atoms with Gasteiger partial charge in [-0.2, -0.15) is 0 Å². The van der Waals surface area contributed by atoms with Crippen LogP contribution in [0.1, 0.15) is 41.7 Å². The molecule has 1 heterocycles. The number of hydrogen-bond donors (Lipinski definition) is 2. The number of nitrogens with zero attached hydrogens (tertiary/aromatic N) is 1. The van der Waals surface area contributed by atoms with Crippen LogP contribution in [0.2, 0.25) is 5.02 Å². The van der Waals surface area contributed by atoms with Crippen molar-refractivity contribution in [2.75, 3.05) is 6.26 Å². The first-order valence-electron chi connectivity index (χ1n) is 9.26. The molecule has 6 nitrogen and oxygen atoms in total. The van der Waals surface area contributed by atoms with Gasteiger partial charge in [0.15, 0.2) is 9.84 Å². The molecule has 0 saturated heterocycles. The number of carboxylic acid groups (broad SMARTS) is 1. The Morgan fingerprint density at radius 2 is 1.93 bits per heavy atom. The van der Waals surface area contributed by atoms with E-state index in [0.717, 1.165) is 17.9 Å². The number of aliphatic hydroxyl groups is 1. The van der Waals surface area contributed by atoms with Crippen molar-refractivity contribution in [3.05, 3.63) is 64.1 Å². The molecule has 2 aromatic carbocycles. The van der Waals surface area contributed by atoms with Crippen molar-refractivity contribution >= 4 is 38.3 Å². The minimum Gasteiger partial charge on any atom is -0.481 e. The molecule has 9 heteroatoms. The number of aliphatic hydroxyl groups excluding tert-OH is 1. The van der Waals surface area contributed by atoms with Crippen LogP contribution in [0.25, 0.3) is 10.9 Å². The van der Waals surface area contributed by atoms with Gasteiger partial charge in [0.05, 0.1) is 22.9 Å². The largest absolute Gasteiger partial charge is 0.481 e. The monoisotopic (exact) mass is 451 g/mol. The molecule has 0 spiro atoms. The zero-order valence-corrected chi connectivity index (χ0v) is 17.5. The number of benzene rings is 2. The van der Waals surface area contributed by atoms with E-state index in [1.54, 1.807) is 28.8 Å². The number of carboxylic acids is 1. The van der Waals surface area contributed by atoms with Crippen molar-refractivity contribution in [2.45, 2.75) is 36.3 Å². The van der Waals surface area contributed by atoms with Crippen LogP contribution in [0, 0.1) is 5.82 Å². The van der Waals surface area contributed by atoms with Gasteiger partial charge in [0.1, 0.15) is 5.82 Å². The first-order valence-corrected chi connectivity index (χ1v) is 11.5. The average molecular weight is 452 g/mol. The molecule has 3 aromatic rings. The van der Waals surface area contributed by atoms with Gasteiger partial charge in [-0.1, -0.05) is 23.7 Å². The van der Waals surface area contributed by atoms with Crippen molar-refractivity contribution in [1.82, 2.24) is 4.57 Å². The second kappa shape index (κ2) is 7.37. The summed E-state index contributed by atoms with van der Waals surface area (Å²) in [6, 6.07) is 9.12. The van der Waals surface area contributed by atoms with Gasteiger partial charge in [-0.3, -0.25) is 4.79 Å². The van der Waals surface area contributed by atoms with Crippen LogP contribution in [0.3, 0.4) is 0 Å². The Labute approximate surface area is 177 Å². The number of fused-ring (bicyclic) bond motifs is 3. The van der Waals surface area contributed by atoms with Crippen molar-refractivity contribution < 1.29 is 27.8 Å². The van der Waals surface area contributed by atoms with Crippen LogP contribution in [-0.4, -0.2) is 35.4 Å². The summed E-state index contributed by atoms with van der Waals surface area (Å²) in [7, 11) is -3.80. The van der Waals surface area contributed by atoms with Crippen LogP contribution < -0.4 is 0 Å². The van der Waals surface area contributed by atoms with E-state index in [1.165, 1.54) is 6.07 Å². The van der Waals surface area contributed by atoms with Crippen LogP contribution in [0.4, 0.5) is 4.39 Å². The normalized spacial score (nSPS) is 18.7. The summed E-state index contributed by atoms with van der Waals surface area (Å²) in [5.74, 6) is -2.29. The van der Waals surface area contributed by atoms with Gasteiger partial charge in [0.2, 0.25) is 0 Å². The van der Waals surface area contributed by atoms with Gasteiger partial charge in [-0.15, -0.1) is 0 Å². The third kappa shape index (κ3) is 3.59. The van der Waals surface area contributed by atoms with Crippen molar-refractivity contribution in [3.63, 3.8) is 0 Å². The fraction of sp³-hybridized carbons (Fsp3) is 0.286. The van der Waals surface area contributed by atoms with Gasteiger partial charge in [0, 0.05) is 40.4 Å². The van der Waals surface area contributed by atoms with Crippen LogP contribution >= 0.6 is 11.6 Å². The van der Waals surface area contributed by atoms with E-state index in [-0.39, 0.29) is 29.8 Å². The fourth-order valence-electron chi connectivity index (χ4n) is 4.36. The molecule has 0 saturated carbocycles. The maximum absolute atomic E-state index is 14.3. The summed E-state index contributed by atoms with van der Waals surface area (Å²) in [6.45, 7) is 0.222. The van der Waals surface area contributed by atoms with Crippen LogP contribution in [-0.2, 0) is 21.2 Å². The first kappa shape index (κ1) is 20.8. The lowest BCUT2D eigenvalue weighted by Crippen LogP contribution is -2.12. The average Bonchev–Trinajstić information content (AvgIpc) is 3.11. The smallest absolute Gasteiger partial charge is 0.304 e. The first-order chi connectivity index (χ1) is 14.1. The maximum Gasteiger partial charge on any atom is 0.304 e. The van der Waals surface area contributed by atoms with Gasteiger partial charge in [-0.05, 0) is 36.2 Å². The highest BCUT2D eigenvalue weighted by molar-refractivity contribution is 7.91. The number of hydrogen-bond acceptors (Lipinski definition) is 4. The highest BCUT2D eigenvalue weighted by Crippen LogP contribution is 2.48. The Morgan fingerprint density at radius 1 is 1.27 bits per heavy atom. The van der Waals surface area contributed by atoms with E-state index in [4.69, 9.17) is 11.6 Å². The molecular formula is C21H19ClFNO5S. The van der Waals surface area contributed by atoms with Gasteiger partial charge < -0.3 is 14.8 Å². The second-order valence-corrected chi connectivity index (χ2v) is 10.1. The molecule has 0 amide bonds. The molecule has 0 bridgehead atoms. The quantitative estimate of drug-likeness (QED) is 0.613. The molecule has 4 rings (SSSR count). The number of carbonyl (C=O) groups is 1. The minimum absolute atomic E-state index is 0.179. The Hall–Kier alpha value is -2.42. The van der Waals surface area contributed by atoms with Crippen LogP contribution in [0.15, 0.2) is 41.3 Å². The predicted octanol–water partition coefficient (Wildman–Crippen LogP) is 3.88. The van der Waals surface area contributed by atoms with Crippen molar-refractivity contribution in [3.8, 4) is 0 Å². The Balaban J connectivity index is 2.06. The Kier molecular flexibility index (Phi) is 5.12. The third-order valence-electron chi connectivity index (χ3n) is 5.47. The zero-order valence-electron chi connectivity index (χ0n) is 16.0. The lowest BCUT2D eigenvalue weighted by Gasteiger charge is -2.17. The topological polar surface area (TPSA) is 96.6 Å². The minimum atomic E-state index is -3.80. The summed E-state index contributed by atoms with van der Waals surface area (Å²) in [5.41, 5.74) is 2.01. The van der Waals surface area contributed by atoms with Gasteiger partial charge >= 0.3 is 5.97 Å². The van der Waals surface area contributed by atoms with Gasteiger partial charge in [-0.25, -0.2) is 12.8 Å². The Bertz CT molecular complexity index is 1270. The molecule has 158 valence electrons. The lowest BCUT2D eigenvalue weighted by atomic mass is 10.0. The molecular weight excluding hydrogens is 433 g/mol. The molecule has 0 fully saturated rings. The molecule has 30 heavy (non-hydrogen) atoms. The molecule has 0 unspecified atom stereocenters. The molecule has 2 N–H and O–H groups in total. The number of aliphatic carboxylic acids is 1. The number of rotatable bonds is 5. The third-order valence-corrected chi connectivity index (χ3v) is 6.83. The summed E-state index contributed by atoms with van der Waals surface area (Å²) >= 11 is 5.96. The number of aromatic nitrogens is 1. The summed E-state index contributed by atoms with van der Waals surface area (Å²) in [4.78, 5) is 11.2. The lowest BCUT2D eigenvalue weighted by molar-refractivity contribution is -0.137. The van der Waals surface area contributed by atoms with Gasteiger partial charge in [0.25, 0.3) is 0 Å². The summed E-state index contributed by atoms with van der Waals surface area (Å²) < 4.78 is 41.0. The SMILES string of the molecule is CS(=O)(=O)c1cc(F)cc2c3c(n(Cc4ccc(Cl)cc4)c12)[C@@H](CC(=O)O)C[C@@H]3O. The second-order valence-electron chi connectivity index (χ2n) is 7.63.